The SMILES string of the molecule is O=C(O)c1cccc(CCCBr)c1. The fourth-order valence-electron chi connectivity index (χ4n) is 1.13. The summed E-state index contributed by atoms with van der Waals surface area (Å²) in [6.07, 6.45) is 1.95. The molecule has 0 heterocycles. The third kappa shape index (κ3) is 3.19. The second-order valence-corrected chi connectivity index (χ2v) is 3.59. The monoisotopic (exact) mass is 242 g/mol. The van der Waals surface area contributed by atoms with Gasteiger partial charge in [-0.05, 0) is 30.5 Å². The molecule has 0 fully saturated rings. The predicted octanol–water partition coefficient (Wildman–Crippen LogP) is 2.71. The van der Waals surface area contributed by atoms with Crippen molar-refractivity contribution in [3.63, 3.8) is 0 Å². The largest absolute Gasteiger partial charge is 0.478 e. The van der Waals surface area contributed by atoms with Gasteiger partial charge in [-0.15, -0.1) is 0 Å². The highest BCUT2D eigenvalue weighted by Crippen LogP contribution is 2.08. The smallest absolute Gasteiger partial charge is 0.335 e. The Bertz CT molecular complexity index is 297. The van der Waals surface area contributed by atoms with E-state index >= 15 is 0 Å². The molecule has 2 nitrogen and oxygen atoms in total. The molecule has 0 atom stereocenters. The summed E-state index contributed by atoms with van der Waals surface area (Å²) in [7, 11) is 0. The van der Waals surface area contributed by atoms with Crippen LogP contribution in [-0.2, 0) is 6.42 Å². The normalized spacial score (nSPS) is 9.92. The van der Waals surface area contributed by atoms with Crippen molar-refractivity contribution in [2.24, 2.45) is 0 Å². The average Bonchev–Trinajstić information content (AvgIpc) is 2.15. The molecule has 0 saturated heterocycles. The van der Waals surface area contributed by atoms with Gasteiger partial charge in [-0.25, -0.2) is 4.79 Å². The first-order valence-corrected chi connectivity index (χ1v) is 5.24. The zero-order valence-electron chi connectivity index (χ0n) is 7.16. The van der Waals surface area contributed by atoms with Gasteiger partial charge in [-0.2, -0.15) is 0 Å². The molecule has 0 bridgehead atoms. The molecular formula is C10H11BrO2. The van der Waals surface area contributed by atoms with Crippen LogP contribution in [0, 0.1) is 0 Å². The first-order chi connectivity index (χ1) is 6.24. The van der Waals surface area contributed by atoms with Crippen molar-refractivity contribution in [2.45, 2.75) is 12.8 Å². The average molecular weight is 243 g/mol. The van der Waals surface area contributed by atoms with E-state index in [9.17, 15) is 4.79 Å². The van der Waals surface area contributed by atoms with Crippen molar-refractivity contribution in [3.05, 3.63) is 35.4 Å². The Morgan fingerprint density at radius 3 is 2.85 bits per heavy atom. The Kier molecular flexibility index (Phi) is 3.96. The number of benzene rings is 1. The molecule has 1 rings (SSSR count). The van der Waals surface area contributed by atoms with Crippen LogP contribution in [0.2, 0.25) is 0 Å². The molecule has 0 saturated carbocycles. The summed E-state index contributed by atoms with van der Waals surface area (Å²) < 4.78 is 0. The van der Waals surface area contributed by atoms with Crippen LogP contribution in [0.4, 0.5) is 0 Å². The first kappa shape index (κ1) is 10.3. The third-order valence-electron chi connectivity index (χ3n) is 1.77. The van der Waals surface area contributed by atoms with E-state index < -0.39 is 5.97 Å². The highest BCUT2D eigenvalue weighted by molar-refractivity contribution is 9.09. The van der Waals surface area contributed by atoms with E-state index in [1.807, 2.05) is 6.07 Å². The van der Waals surface area contributed by atoms with Gasteiger partial charge in [0.05, 0.1) is 5.56 Å². The zero-order valence-corrected chi connectivity index (χ0v) is 8.75. The van der Waals surface area contributed by atoms with Gasteiger partial charge in [0.25, 0.3) is 0 Å². The van der Waals surface area contributed by atoms with Crippen LogP contribution in [-0.4, -0.2) is 16.4 Å². The summed E-state index contributed by atoms with van der Waals surface area (Å²) in [6, 6.07) is 7.08. The van der Waals surface area contributed by atoms with E-state index in [2.05, 4.69) is 15.9 Å². The maximum atomic E-state index is 10.6. The van der Waals surface area contributed by atoms with E-state index in [0.29, 0.717) is 5.56 Å². The molecule has 3 heteroatoms. The highest BCUT2D eigenvalue weighted by atomic mass is 79.9. The van der Waals surface area contributed by atoms with Gasteiger partial charge in [-0.3, -0.25) is 0 Å². The van der Waals surface area contributed by atoms with Gasteiger partial charge >= 0.3 is 5.97 Å². The van der Waals surface area contributed by atoms with Crippen molar-refractivity contribution in [2.75, 3.05) is 5.33 Å². The summed E-state index contributed by atoms with van der Waals surface area (Å²) >= 11 is 3.34. The van der Waals surface area contributed by atoms with Gasteiger partial charge in [0.1, 0.15) is 0 Å². The van der Waals surface area contributed by atoms with Gasteiger partial charge in [0, 0.05) is 5.33 Å². The molecule has 0 amide bonds. The number of halogens is 1. The molecular weight excluding hydrogens is 232 g/mol. The lowest BCUT2D eigenvalue weighted by atomic mass is 10.1. The predicted molar refractivity (Wildman–Crippen MR) is 55.5 cm³/mol. The Labute approximate surface area is 85.7 Å². The standard InChI is InChI=1S/C10H11BrO2/c11-6-2-4-8-3-1-5-9(7-8)10(12)13/h1,3,5,7H,2,4,6H2,(H,12,13). The van der Waals surface area contributed by atoms with Gasteiger partial charge in [0.2, 0.25) is 0 Å². The molecule has 0 spiro atoms. The van der Waals surface area contributed by atoms with Crippen molar-refractivity contribution in [1.29, 1.82) is 0 Å². The van der Waals surface area contributed by atoms with E-state index in [4.69, 9.17) is 5.11 Å². The maximum absolute atomic E-state index is 10.6. The van der Waals surface area contributed by atoms with E-state index in [1.54, 1.807) is 18.2 Å². The molecule has 1 aromatic carbocycles. The molecule has 0 aliphatic rings. The third-order valence-corrected chi connectivity index (χ3v) is 2.33. The van der Waals surface area contributed by atoms with Crippen LogP contribution in [0.15, 0.2) is 24.3 Å². The van der Waals surface area contributed by atoms with Crippen LogP contribution in [0.1, 0.15) is 22.3 Å². The molecule has 70 valence electrons. The Morgan fingerprint density at radius 2 is 2.23 bits per heavy atom. The topological polar surface area (TPSA) is 37.3 Å². The molecule has 1 aromatic rings. The zero-order chi connectivity index (χ0) is 9.68. The number of hydrogen-bond acceptors (Lipinski definition) is 1. The van der Waals surface area contributed by atoms with Crippen LogP contribution < -0.4 is 0 Å². The number of aryl methyl sites for hydroxylation is 1. The van der Waals surface area contributed by atoms with E-state index in [1.165, 1.54) is 0 Å². The molecule has 13 heavy (non-hydrogen) atoms. The second-order valence-electron chi connectivity index (χ2n) is 2.80. The number of alkyl halides is 1. The minimum atomic E-state index is -0.860. The fraction of sp³-hybridized carbons (Fsp3) is 0.300. The van der Waals surface area contributed by atoms with Gasteiger partial charge < -0.3 is 5.11 Å². The van der Waals surface area contributed by atoms with Gasteiger partial charge in [0.15, 0.2) is 0 Å². The molecule has 0 aromatic heterocycles. The number of aromatic carboxylic acids is 1. The maximum Gasteiger partial charge on any atom is 0.335 e. The van der Waals surface area contributed by atoms with E-state index in [0.717, 1.165) is 23.7 Å². The van der Waals surface area contributed by atoms with Crippen molar-refractivity contribution in [1.82, 2.24) is 0 Å². The lowest BCUT2D eigenvalue weighted by molar-refractivity contribution is 0.0697. The molecule has 0 unspecified atom stereocenters. The quantitative estimate of drug-likeness (QED) is 0.825. The molecule has 0 radical (unpaired) electrons. The Morgan fingerprint density at radius 1 is 1.46 bits per heavy atom. The van der Waals surface area contributed by atoms with Crippen molar-refractivity contribution >= 4 is 21.9 Å². The van der Waals surface area contributed by atoms with Crippen molar-refractivity contribution < 1.29 is 9.90 Å². The number of carboxylic acid groups (broad SMARTS) is 1. The number of hydrogen-bond donors (Lipinski definition) is 1. The number of rotatable bonds is 4. The van der Waals surface area contributed by atoms with Crippen molar-refractivity contribution in [3.8, 4) is 0 Å². The lowest BCUT2D eigenvalue weighted by Gasteiger charge is -2.00. The summed E-state index contributed by atoms with van der Waals surface area (Å²) in [5.74, 6) is -0.860. The first-order valence-electron chi connectivity index (χ1n) is 4.12. The minimum absolute atomic E-state index is 0.368. The van der Waals surface area contributed by atoms with Crippen LogP contribution in [0.5, 0.6) is 0 Å². The molecule has 0 aliphatic heterocycles. The van der Waals surface area contributed by atoms with E-state index in [-0.39, 0.29) is 0 Å². The molecule has 0 aliphatic carbocycles. The second kappa shape index (κ2) is 5.02. The van der Waals surface area contributed by atoms with Crippen LogP contribution in [0.3, 0.4) is 0 Å². The highest BCUT2D eigenvalue weighted by Gasteiger charge is 2.02. The fourth-order valence-corrected chi connectivity index (χ4v) is 1.41. The minimum Gasteiger partial charge on any atom is -0.478 e. The summed E-state index contributed by atoms with van der Waals surface area (Å²) in [5, 5.41) is 9.67. The number of carboxylic acids is 1. The Hall–Kier alpha value is -0.830. The summed E-state index contributed by atoms with van der Waals surface area (Å²) in [5.41, 5.74) is 1.45. The summed E-state index contributed by atoms with van der Waals surface area (Å²) in [6.45, 7) is 0. The molecule has 1 N–H and O–H groups in total. The number of carbonyl (C=O) groups is 1. The Balaban J connectivity index is 2.73. The summed E-state index contributed by atoms with van der Waals surface area (Å²) in [4.78, 5) is 10.6. The lowest BCUT2D eigenvalue weighted by Crippen LogP contribution is -1.97. The van der Waals surface area contributed by atoms with Gasteiger partial charge in [-0.1, -0.05) is 28.1 Å². The van der Waals surface area contributed by atoms with Crippen LogP contribution >= 0.6 is 15.9 Å². The van der Waals surface area contributed by atoms with Crippen LogP contribution in [0.25, 0.3) is 0 Å².